The van der Waals surface area contributed by atoms with Gasteiger partial charge in [0.1, 0.15) is 11.8 Å². The Hall–Kier alpha value is -3.76. The van der Waals surface area contributed by atoms with E-state index in [1.165, 1.54) is 18.2 Å². The van der Waals surface area contributed by atoms with Crippen LogP contribution < -0.4 is 20.7 Å². The number of nitrogens with zero attached hydrogens (tertiary/aromatic N) is 1. The summed E-state index contributed by atoms with van der Waals surface area (Å²) < 4.78 is 5.52. The molecule has 0 radical (unpaired) electrons. The topological polar surface area (TPSA) is 151 Å². The minimum absolute atomic E-state index is 0.0249. The number of carbonyl (C=O) groups is 6. The first-order chi connectivity index (χ1) is 16.4. The molecule has 2 aliphatic rings. The number of imide groups is 2. The van der Waals surface area contributed by atoms with Crippen LogP contribution in [0.25, 0.3) is 0 Å². The number of nitrogens with one attached hydrogen (secondary N) is 3. The van der Waals surface area contributed by atoms with E-state index in [9.17, 15) is 28.8 Å². The second-order valence-corrected chi connectivity index (χ2v) is 8.15. The third-order valence-corrected chi connectivity index (χ3v) is 5.57. The van der Waals surface area contributed by atoms with Crippen molar-refractivity contribution in [3.05, 3.63) is 29.3 Å². The normalized spacial score (nSPS) is 15.4. The Bertz CT molecular complexity index is 990. The largest absolute Gasteiger partial charge is 0.483 e. The van der Waals surface area contributed by atoms with Gasteiger partial charge in [0.2, 0.25) is 18.2 Å². The summed E-state index contributed by atoms with van der Waals surface area (Å²) in [5.41, 5.74) is 0.0393. The predicted octanol–water partition coefficient (Wildman–Crippen LogP) is 0.135. The van der Waals surface area contributed by atoms with Crippen molar-refractivity contribution in [2.75, 3.05) is 19.7 Å². The number of hydrogen-bond donors (Lipinski definition) is 3. The summed E-state index contributed by atoms with van der Waals surface area (Å²) in [5.74, 6) is -2.32. The van der Waals surface area contributed by atoms with Gasteiger partial charge in [-0.1, -0.05) is 19.4 Å². The van der Waals surface area contributed by atoms with Crippen molar-refractivity contribution in [3.63, 3.8) is 0 Å². The zero-order valence-electron chi connectivity index (χ0n) is 18.9. The molecule has 0 aromatic heterocycles. The maximum atomic E-state index is 13.1. The maximum absolute atomic E-state index is 13.1. The molecule has 3 N–H and O–H groups in total. The van der Waals surface area contributed by atoms with Gasteiger partial charge in [-0.15, -0.1) is 0 Å². The predicted molar refractivity (Wildman–Crippen MR) is 119 cm³/mol. The fourth-order valence-corrected chi connectivity index (χ4v) is 3.69. The molecular formula is C23H28N4O7. The Morgan fingerprint density at radius 1 is 1.15 bits per heavy atom. The lowest BCUT2D eigenvalue weighted by molar-refractivity contribution is -0.128. The highest BCUT2D eigenvalue weighted by Crippen LogP contribution is 2.33. The maximum Gasteiger partial charge on any atom is 0.266 e. The van der Waals surface area contributed by atoms with Crippen LogP contribution in [0.15, 0.2) is 18.2 Å². The van der Waals surface area contributed by atoms with E-state index in [4.69, 9.17) is 4.74 Å². The number of amides is 6. The molecule has 0 bridgehead atoms. The average Bonchev–Trinajstić information content (AvgIpc) is 3.64. The zero-order valence-corrected chi connectivity index (χ0v) is 18.9. The van der Waals surface area contributed by atoms with Gasteiger partial charge in [-0.3, -0.25) is 39.0 Å². The molecule has 1 aromatic carbocycles. The third-order valence-electron chi connectivity index (χ3n) is 5.57. The summed E-state index contributed by atoms with van der Waals surface area (Å²) in [7, 11) is 0. The average molecular weight is 472 g/mol. The third kappa shape index (κ3) is 5.77. The van der Waals surface area contributed by atoms with Crippen LogP contribution in [0.2, 0.25) is 0 Å². The number of fused-ring (bicyclic) bond motifs is 1. The molecule has 1 aliphatic heterocycles. The molecule has 182 valence electrons. The minimum Gasteiger partial charge on any atom is -0.483 e. The smallest absolute Gasteiger partial charge is 0.266 e. The number of ether oxygens (including phenoxy) is 1. The Labute approximate surface area is 196 Å². The van der Waals surface area contributed by atoms with E-state index in [2.05, 4.69) is 10.6 Å². The fraction of sp³-hybridized carbons (Fsp3) is 0.478. The number of rotatable bonds is 13. The highest BCUT2D eigenvalue weighted by atomic mass is 16.5. The summed E-state index contributed by atoms with van der Waals surface area (Å²) in [6.45, 7) is 2.21. The molecule has 1 fully saturated rings. The van der Waals surface area contributed by atoms with E-state index in [1.807, 2.05) is 5.32 Å². The van der Waals surface area contributed by atoms with Gasteiger partial charge in [0.15, 0.2) is 6.61 Å². The highest BCUT2D eigenvalue weighted by Gasteiger charge is 2.44. The molecule has 6 amide bonds. The van der Waals surface area contributed by atoms with Crippen LogP contribution in [0.5, 0.6) is 5.75 Å². The van der Waals surface area contributed by atoms with E-state index in [1.54, 1.807) is 6.92 Å². The molecule has 1 atom stereocenters. The first-order valence-corrected chi connectivity index (χ1v) is 11.3. The molecule has 3 rings (SSSR count). The second kappa shape index (κ2) is 11.4. The van der Waals surface area contributed by atoms with Crippen molar-refractivity contribution in [2.45, 2.75) is 45.1 Å². The molecule has 0 spiro atoms. The van der Waals surface area contributed by atoms with Crippen LogP contribution in [-0.4, -0.2) is 66.6 Å². The lowest BCUT2D eigenvalue weighted by atomic mass is 10.1. The minimum atomic E-state index is -1.14. The van der Waals surface area contributed by atoms with E-state index < -0.39 is 29.7 Å². The van der Waals surface area contributed by atoms with Crippen molar-refractivity contribution in [2.24, 2.45) is 5.92 Å². The molecule has 1 aromatic rings. The molecule has 1 heterocycles. The monoisotopic (exact) mass is 472 g/mol. The molecule has 1 unspecified atom stereocenters. The Morgan fingerprint density at radius 2 is 1.88 bits per heavy atom. The van der Waals surface area contributed by atoms with Crippen LogP contribution >= 0.6 is 0 Å². The van der Waals surface area contributed by atoms with Crippen LogP contribution in [0, 0.1) is 5.92 Å². The SMILES string of the molecule is CCCC(C(=O)NC=O)N1C(=O)c2cccc(OCC(=O)NCCCNC(=O)C3CC3)c2C1=O. The van der Waals surface area contributed by atoms with Gasteiger partial charge in [-0.25, -0.2) is 0 Å². The van der Waals surface area contributed by atoms with E-state index in [-0.39, 0.29) is 48.1 Å². The number of benzene rings is 1. The van der Waals surface area contributed by atoms with Crippen molar-refractivity contribution in [1.82, 2.24) is 20.9 Å². The fourth-order valence-electron chi connectivity index (χ4n) is 3.69. The van der Waals surface area contributed by atoms with Crippen molar-refractivity contribution in [1.29, 1.82) is 0 Å². The Balaban J connectivity index is 1.57. The summed E-state index contributed by atoms with van der Waals surface area (Å²) in [4.78, 5) is 73.5. The van der Waals surface area contributed by atoms with Crippen LogP contribution in [0.1, 0.15) is 59.7 Å². The van der Waals surface area contributed by atoms with Gasteiger partial charge in [-0.05, 0) is 37.8 Å². The van der Waals surface area contributed by atoms with Crippen LogP contribution in [0.3, 0.4) is 0 Å². The number of hydrogen-bond acceptors (Lipinski definition) is 7. The molecule has 1 saturated carbocycles. The first-order valence-electron chi connectivity index (χ1n) is 11.3. The van der Waals surface area contributed by atoms with Crippen molar-refractivity contribution >= 4 is 35.9 Å². The Morgan fingerprint density at radius 3 is 2.56 bits per heavy atom. The van der Waals surface area contributed by atoms with Gasteiger partial charge < -0.3 is 15.4 Å². The van der Waals surface area contributed by atoms with Gasteiger partial charge in [-0.2, -0.15) is 0 Å². The van der Waals surface area contributed by atoms with Crippen molar-refractivity contribution in [3.8, 4) is 5.75 Å². The van der Waals surface area contributed by atoms with Gasteiger partial charge in [0, 0.05) is 19.0 Å². The van der Waals surface area contributed by atoms with Gasteiger partial charge in [0.05, 0.1) is 11.1 Å². The second-order valence-electron chi connectivity index (χ2n) is 8.15. The van der Waals surface area contributed by atoms with Gasteiger partial charge >= 0.3 is 0 Å². The number of carbonyl (C=O) groups excluding carboxylic acids is 6. The summed E-state index contributed by atoms with van der Waals surface area (Å²) in [6, 6.07) is 3.29. The summed E-state index contributed by atoms with van der Waals surface area (Å²) in [5, 5.41) is 7.48. The first kappa shape index (κ1) is 24.9. The highest BCUT2D eigenvalue weighted by molar-refractivity contribution is 6.24. The lowest BCUT2D eigenvalue weighted by Crippen LogP contribution is -2.49. The lowest BCUT2D eigenvalue weighted by Gasteiger charge is -2.24. The zero-order chi connectivity index (χ0) is 24.7. The molecule has 11 heteroatoms. The summed E-state index contributed by atoms with van der Waals surface area (Å²) >= 11 is 0. The van der Waals surface area contributed by atoms with E-state index >= 15 is 0 Å². The standard InChI is InChI=1S/C23H28N4O7/c1-2-5-16(21(31)26-13-28)27-22(32)15-6-3-7-17(19(15)23(27)33)34-12-18(29)24-10-4-11-25-20(30)14-8-9-14/h3,6-7,13-14,16H,2,4-5,8-12H2,1H3,(H,24,29)(H,25,30)(H,26,28,31). The Kier molecular flexibility index (Phi) is 8.34. The molecule has 34 heavy (non-hydrogen) atoms. The molecule has 11 nitrogen and oxygen atoms in total. The van der Waals surface area contributed by atoms with Crippen molar-refractivity contribution < 1.29 is 33.5 Å². The summed E-state index contributed by atoms with van der Waals surface area (Å²) in [6.07, 6.45) is 3.31. The quantitative estimate of drug-likeness (QED) is 0.210. The van der Waals surface area contributed by atoms with Crippen LogP contribution in [-0.2, 0) is 19.2 Å². The molecule has 1 aliphatic carbocycles. The van der Waals surface area contributed by atoms with Crippen LogP contribution in [0.4, 0.5) is 0 Å². The van der Waals surface area contributed by atoms with Gasteiger partial charge in [0.25, 0.3) is 17.7 Å². The molecular weight excluding hydrogens is 444 g/mol. The van der Waals surface area contributed by atoms with E-state index in [0.29, 0.717) is 25.9 Å². The molecule has 0 saturated heterocycles. The van der Waals surface area contributed by atoms with E-state index in [0.717, 1.165) is 17.7 Å².